The summed E-state index contributed by atoms with van der Waals surface area (Å²) >= 11 is 0. The molecule has 0 bridgehead atoms. The number of carbonyl (C=O) groups is 1. The van der Waals surface area contributed by atoms with Gasteiger partial charge < -0.3 is 4.90 Å². The van der Waals surface area contributed by atoms with E-state index in [4.69, 9.17) is 5.10 Å². The lowest BCUT2D eigenvalue weighted by molar-refractivity contribution is 0.0722. The number of amides is 1. The summed E-state index contributed by atoms with van der Waals surface area (Å²) in [6.07, 6.45) is 5.08. The van der Waals surface area contributed by atoms with Crippen LogP contribution in [-0.4, -0.2) is 33.7 Å². The third kappa shape index (κ3) is 3.84. The summed E-state index contributed by atoms with van der Waals surface area (Å²) in [4.78, 5) is 15.4. The quantitative estimate of drug-likeness (QED) is 0.790. The van der Waals surface area contributed by atoms with Crippen LogP contribution in [0.4, 0.5) is 0 Å². The lowest BCUT2D eigenvalue weighted by atomic mass is 10.0. The van der Waals surface area contributed by atoms with Crippen molar-refractivity contribution in [2.75, 3.05) is 13.1 Å². The molecule has 1 amide bonds. The number of rotatable bonds is 5. The summed E-state index contributed by atoms with van der Waals surface area (Å²) in [5.74, 6) is 0.643. The maximum Gasteiger partial charge on any atom is 0.257 e. The molecule has 0 unspecified atom stereocenters. The van der Waals surface area contributed by atoms with Gasteiger partial charge in [-0.05, 0) is 62.6 Å². The van der Waals surface area contributed by atoms with Gasteiger partial charge in [0, 0.05) is 13.1 Å². The van der Waals surface area contributed by atoms with Crippen LogP contribution in [0.25, 0.3) is 5.69 Å². The molecule has 140 valence electrons. The molecule has 1 fully saturated rings. The molecule has 1 aliphatic heterocycles. The number of carbonyl (C=O) groups excluding carboxylic acids is 1. The minimum atomic E-state index is 0.177. The maximum absolute atomic E-state index is 13.4. The Morgan fingerprint density at radius 1 is 1.19 bits per heavy atom. The monoisotopic (exact) mass is 353 g/mol. The summed E-state index contributed by atoms with van der Waals surface area (Å²) in [6.45, 7) is 10.3. The van der Waals surface area contributed by atoms with Gasteiger partial charge in [-0.1, -0.05) is 32.9 Å². The molecular formula is C22H31N3O. The second-order valence-electron chi connectivity index (χ2n) is 7.82. The summed E-state index contributed by atoms with van der Waals surface area (Å²) in [5, 5.41) is 4.92. The first kappa shape index (κ1) is 18.7. The third-order valence-electron chi connectivity index (χ3n) is 5.09. The van der Waals surface area contributed by atoms with Crippen LogP contribution in [0.1, 0.15) is 67.3 Å². The molecule has 3 rings (SSSR count). The Morgan fingerprint density at radius 2 is 1.92 bits per heavy atom. The lowest BCUT2D eigenvalue weighted by Gasteiger charge is -2.27. The molecule has 0 aliphatic carbocycles. The van der Waals surface area contributed by atoms with E-state index in [1.165, 1.54) is 12.0 Å². The highest BCUT2D eigenvalue weighted by Crippen LogP contribution is 2.25. The fourth-order valence-corrected chi connectivity index (χ4v) is 3.83. The van der Waals surface area contributed by atoms with E-state index >= 15 is 0 Å². The molecule has 4 heteroatoms. The highest BCUT2D eigenvalue weighted by atomic mass is 16.2. The van der Waals surface area contributed by atoms with Gasteiger partial charge in [0.05, 0.1) is 22.6 Å². The van der Waals surface area contributed by atoms with E-state index < -0.39 is 0 Å². The van der Waals surface area contributed by atoms with Crippen molar-refractivity contribution in [3.63, 3.8) is 0 Å². The van der Waals surface area contributed by atoms with E-state index in [9.17, 15) is 4.79 Å². The zero-order valence-corrected chi connectivity index (χ0v) is 16.6. The predicted octanol–water partition coefficient (Wildman–Crippen LogP) is 4.57. The van der Waals surface area contributed by atoms with Crippen LogP contribution in [0.2, 0.25) is 0 Å². The van der Waals surface area contributed by atoms with Gasteiger partial charge in [0.2, 0.25) is 0 Å². The summed E-state index contributed by atoms with van der Waals surface area (Å²) in [6, 6.07) is 8.36. The summed E-state index contributed by atoms with van der Waals surface area (Å²) in [7, 11) is 0. The number of piperidine rings is 1. The number of hydrogen-bond donors (Lipinski definition) is 0. The molecule has 0 atom stereocenters. The van der Waals surface area contributed by atoms with E-state index in [1.54, 1.807) is 0 Å². The molecule has 1 aromatic carbocycles. The highest BCUT2D eigenvalue weighted by molar-refractivity contribution is 5.96. The van der Waals surface area contributed by atoms with E-state index in [0.717, 1.165) is 61.4 Å². The summed E-state index contributed by atoms with van der Waals surface area (Å²) in [5.41, 5.74) is 5.10. The molecule has 1 saturated heterocycles. The van der Waals surface area contributed by atoms with Crippen LogP contribution in [0.15, 0.2) is 24.3 Å². The molecule has 1 aromatic heterocycles. The smallest absolute Gasteiger partial charge is 0.257 e. The van der Waals surface area contributed by atoms with Gasteiger partial charge in [0.1, 0.15) is 0 Å². The van der Waals surface area contributed by atoms with Crippen LogP contribution in [-0.2, 0) is 12.8 Å². The van der Waals surface area contributed by atoms with Crippen molar-refractivity contribution in [2.24, 2.45) is 5.92 Å². The van der Waals surface area contributed by atoms with Crippen molar-refractivity contribution < 1.29 is 4.79 Å². The van der Waals surface area contributed by atoms with Crippen molar-refractivity contribution in [2.45, 2.75) is 59.8 Å². The first-order chi connectivity index (χ1) is 12.5. The fourth-order valence-electron chi connectivity index (χ4n) is 3.83. The molecule has 2 aromatic rings. The van der Waals surface area contributed by atoms with Gasteiger partial charge in [-0.2, -0.15) is 5.10 Å². The van der Waals surface area contributed by atoms with E-state index in [-0.39, 0.29) is 5.91 Å². The first-order valence-electron chi connectivity index (χ1n) is 9.98. The predicted molar refractivity (Wildman–Crippen MR) is 106 cm³/mol. The minimum Gasteiger partial charge on any atom is -0.339 e. The van der Waals surface area contributed by atoms with Crippen LogP contribution in [0.5, 0.6) is 0 Å². The van der Waals surface area contributed by atoms with Crippen molar-refractivity contribution >= 4 is 5.91 Å². The van der Waals surface area contributed by atoms with Crippen molar-refractivity contribution in [3.8, 4) is 5.69 Å². The number of nitrogens with zero attached hydrogens (tertiary/aromatic N) is 3. The Hall–Kier alpha value is -2.10. The zero-order chi connectivity index (χ0) is 18.7. The van der Waals surface area contributed by atoms with Crippen LogP contribution < -0.4 is 0 Å². The Labute approximate surface area is 157 Å². The van der Waals surface area contributed by atoms with Gasteiger partial charge in [-0.3, -0.25) is 4.79 Å². The molecule has 0 saturated carbocycles. The Morgan fingerprint density at radius 3 is 2.54 bits per heavy atom. The maximum atomic E-state index is 13.4. The Kier molecular flexibility index (Phi) is 5.80. The van der Waals surface area contributed by atoms with Crippen LogP contribution in [0.3, 0.4) is 0 Å². The van der Waals surface area contributed by atoms with Gasteiger partial charge in [0.25, 0.3) is 5.91 Å². The highest BCUT2D eigenvalue weighted by Gasteiger charge is 2.28. The molecule has 0 spiro atoms. The number of likely N-dealkylation sites (tertiary alicyclic amines) is 1. The molecule has 1 aliphatic rings. The Bertz CT molecular complexity index is 770. The van der Waals surface area contributed by atoms with Gasteiger partial charge >= 0.3 is 0 Å². The zero-order valence-electron chi connectivity index (χ0n) is 16.6. The molecule has 4 nitrogen and oxygen atoms in total. The second kappa shape index (κ2) is 8.07. The van der Waals surface area contributed by atoms with Gasteiger partial charge in [0.15, 0.2) is 0 Å². The average Bonchev–Trinajstić information content (AvgIpc) is 2.99. The standard InChI is InChI=1S/C22H31N3O/c1-5-20-21(22(26)24-12-7-6-8-13-24)19(14-16(2)3)23-25(20)18-11-9-10-17(4)15-18/h9-11,15-16H,5-8,12-14H2,1-4H3. The van der Waals surface area contributed by atoms with E-state index in [2.05, 4.69) is 52.0 Å². The van der Waals surface area contributed by atoms with Crippen LogP contribution in [0, 0.1) is 12.8 Å². The number of aromatic nitrogens is 2. The number of aryl methyl sites for hydroxylation is 1. The average molecular weight is 354 g/mol. The van der Waals surface area contributed by atoms with Gasteiger partial charge in [-0.25, -0.2) is 4.68 Å². The normalized spacial score (nSPS) is 14.9. The lowest BCUT2D eigenvalue weighted by Crippen LogP contribution is -2.36. The van der Waals surface area contributed by atoms with E-state index in [0.29, 0.717) is 5.92 Å². The van der Waals surface area contributed by atoms with Crippen molar-refractivity contribution in [1.82, 2.24) is 14.7 Å². The SMILES string of the molecule is CCc1c(C(=O)N2CCCCC2)c(CC(C)C)nn1-c1cccc(C)c1. The van der Waals surface area contributed by atoms with Gasteiger partial charge in [-0.15, -0.1) is 0 Å². The third-order valence-corrected chi connectivity index (χ3v) is 5.09. The molecular weight excluding hydrogens is 322 g/mol. The largest absolute Gasteiger partial charge is 0.339 e. The van der Waals surface area contributed by atoms with Crippen molar-refractivity contribution in [1.29, 1.82) is 0 Å². The first-order valence-corrected chi connectivity index (χ1v) is 9.98. The van der Waals surface area contributed by atoms with Crippen molar-refractivity contribution in [3.05, 3.63) is 46.8 Å². The fraction of sp³-hybridized carbons (Fsp3) is 0.545. The second-order valence-corrected chi connectivity index (χ2v) is 7.82. The van der Waals surface area contributed by atoms with E-state index in [1.807, 2.05) is 9.58 Å². The molecule has 0 radical (unpaired) electrons. The summed E-state index contributed by atoms with van der Waals surface area (Å²) < 4.78 is 2.00. The number of benzene rings is 1. The molecule has 26 heavy (non-hydrogen) atoms. The van der Waals surface area contributed by atoms with Crippen LogP contribution >= 0.6 is 0 Å². The number of hydrogen-bond acceptors (Lipinski definition) is 2. The molecule has 0 N–H and O–H groups in total. The topological polar surface area (TPSA) is 38.1 Å². The minimum absolute atomic E-state index is 0.177. The Balaban J connectivity index is 2.09. The molecule has 2 heterocycles.